The van der Waals surface area contributed by atoms with Crippen LogP contribution in [-0.4, -0.2) is 52.0 Å². The van der Waals surface area contributed by atoms with Crippen molar-refractivity contribution in [3.8, 4) is 0 Å². The Balaban J connectivity index is 1.26. The fourth-order valence-electron chi connectivity index (χ4n) is 4.97. The molecule has 7 heteroatoms. The van der Waals surface area contributed by atoms with E-state index in [1.807, 2.05) is 60.0 Å². The lowest BCUT2D eigenvalue weighted by Crippen LogP contribution is -2.56. The van der Waals surface area contributed by atoms with Gasteiger partial charge >= 0.3 is 6.03 Å². The zero-order valence-corrected chi connectivity index (χ0v) is 21.6. The number of aryl methyl sites for hydroxylation is 3. The van der Waals surface area contributed by atoms with Gasteiger partial charge in [-0.2, -0.15) is 0 Å². The minimum Gasteiger partial charge on any atom is -0.334 e. The number of nitrogens with zero attached hydrogens (tertiary/aromatic N) is 3. The highest BCUT2D eigenvalue weighted by atomic mass is 32.1. The second kappa shape index (κ2) is 10.6. The van der Waals surface area contributed by atoms with E-state index in [1.165, 1.54) is 5.56 Å². The van der Waals surface area contributed by atoms with Crippen LogP contribution in [-0.2, 0) is 13.0 Å². The number of hydrogen-bond donors (Lipinski definition) is 1. The summed E-state index contributed by atoms with van der Waals surface area (Å²) in [5.41, 5.74) is 3.91. The van der Waals surface area contributed by atoms with Gasteiger partial charge in [-0.1, -0.05) is 48.5 Å². The molecule has 1 saturated heterocycles. The van der Waals surface area contributed by atoms with E-state index in [9.17, 15) is 9.59 Å². The van der Waals surface area contributed by atoms with Crippen molar-refractivity contribution in [2.24, 2.45) is 0 Å². The van der Waals surface area contributed by atoms with Crippen molar-refractivity contribution >= 4 is 39.2 Å². The molecular formula is C29H32N4O2S. The Bertz CT molecular complexity index is 1360. The average molecular weight is 501 g/mol. The average Bonchev–Trinajstić information content (AvgIpc) is 3.48. The van der Waals surface area contributed by atoms with Crippen LogP contribution in [0, 0.1) is 6.92 Å². The van der Waals surface area contributed by atoms with Gasteiger partial charge in [0.1, 0.15) is 10.5 Å². The van der Waals surface area contributed by atoms with E-state index < -0.39 is 0 Å². The smallest absolute Gasteiger partial charge is 0.322 e. The van der Waals surface area contributed by atoms with Crippen molar-refractivity contribution in [1.82, 2.24) is 14.4 Å². The third-order valence-corrected chi connectivity index (χ3v) is 7.93. The number of rotatable bonds is 6. The van der Waals surface area contributed by atoms with E-state index >= 15 is 0 Å². The number of nitrogens with one attached hydrogen (secondary N) is 1. The summed E-state index contributed by atoms with van der Waals surface area (Å²) in [5.74, 6) is 0.0453. The van der Waals surface area contributed by atoms with E-state index in [1.54, 1.807) is 11.3 Å². The van der Waals surface area contributed by atoms with E-state index in [2.05, 4.69) is 45.6 Å². The SMILES string of the molecule is Cc1ccccc1NC(=O)N1CCN(C(=O)c2cc3ccsc3n2CCCc2ccccc2)CC1C. The Morgan fingerprint density at radius 3 is 2.58 bits per heavy atom. The van der Waals surface area contributed by atoms with Gasteiger partial charge in [-0.3, -0.25) is 4.79 Å². The topological polar surface area (TPSA) is 57.6 Å². The van der Waals surface area contributed by atoms with Gasteiger partial charge in [-0.15, -0.1) is 11.3 Å². The largest absolute Gasteiger partial charge is 0.334 e. The number of carbonyl (C=O) groups excluding carboxylic acids is 2. The zero-order valence-electron chi connectivity index (χ0n) is 20.8. The molecule has 1 unspecified atom stereocenters. The number of thiophene rings is 1. The third-order valence-electron chi connectivity index (χ3n) is 6.97. The lowest BCUT2D eigenvalue weighted by molar-refractivity contribution is 0.0582. The number of para-hydroxylation sites is 1. The highest BCUT2D eigenvalue weighted by Crippen LogP contribution is 2.27. The van der Waals surface area contributed by atoms with E-state index in [0.717, 1.165) is 46.5 Å². The number of anilines is 1. The van der Waals surface area contributed by atoms with Crippen molar-refractivity contribution in [2.75, 3.05) is 25.0 Å². The fraction of sp³-hybridized carbons (Fsp3) is 0.310. The van der Waals surface area contributed by atoms with E-state index in [-0.39, 0.29) is 18.0 Å². The standard InChI is InChI=1S/C29H32N4O2S/c1-21-9-6-7-13-25(21)30-29(35)32-17-16-31(20-22(32)2)27(34)26-19-24-14-18-36-28(24)33(26)15-8-12-23-10-4-3-5-11-23/h3-7,9-11,13-14,18-19,22H,8,12,15-17,20H2,1-2H3,(H,30,35). The molecule has 1 aliphatic rings. The molecule has 3 heterocycles. The van der Waals surface area contributed by atoms with Crippen LogP contribution < -0.4 is 5.32 Å². The maximum atomic E-state index is 13.7. The van der Waals surface area contributed by atoms with Crippen molar-refractivity contribution in [3.05, 3.63) is 88.9 Å². The van der Waals surface area contributed by atoms with Gasteiger partial charge in [0.25, 0.3) is 5.91 Å². The summed E-state index contributed by atoms with van der Waals surface area (Å²) in [7, 11) is 0. The number of amides is 3. The maximum absolute atomic E-state index is 13.7. The number of aromatic nitrogens is 1. The number of urea groups is 1. The second-order valence-electron chi connectivity index (χ2n) is 9.49. The summed E-state index contributed by atoms with van der Waals surface area (Å²) >= 11 is 1.68. The summed E-state index contributed by atoms with van der Waals surface area (Å²) < 4.78 is 2.19. The van der Waals surface area contributed by atoms with Crippen molar-refractivity contribution in [3.63, 3.8) is 0 Å². The molecule has 1 fully saturated rings. The first-order valence-corrected chi connectivity index (χ1v) is 13.4. The summed E-state index contributed by atoms with van der Waals surface area (Å²) in [6, 6.07) is 22.2. The molecule has 36 heavy (non-hydrogen) atoms. The minimum atomic E-state index is -0.117. The molecule has 5 rings (SSSR count). The van der Waals surface area contributed by atoms with Gasteiger partial charge in [0.15, 0.2) is 0 Å². The quantitative estimate of drug-likeness (QED) is 0.352. The van der Waals surface area contributed by atoms with Crippen LogP contribution in [0.1, 0.15) is 35.0 Å². The van der Waals surface area contributed by atoms with Crippen LogP contribution in [0.4, 0.5) is 10.5 Å². The van der Waals surface area contributed by atoms with Crippen molar-refractivity contribution in [1.29, 1.82) is 0 Å². The normalized spacial score (nSPS) is 15.9. The number of hydrogen-bond acceptors (Lipinski definition) is 3. The molecule has 2 aromatic carbocycles. The molecule has 0 spiro atoms. The second-order valence-corrected chi connectivity index (χ2v) is 10.4. The minimum absolute atomic E-state index is 0.0453. The Kier molecular flexibility index (Phi) is 7.09. The number of carbonyl (C=O) groups is 2. The first kappa shape index (κ1) is 24.1. The highest BCUT2D eigenvalue weighted by molar-refractivity contribution is 7.16. The molecule has 1 N–H and O–H groups in total. The highest BCUT2D eigenvalue weighted by Gasteiger charge is 2.32. The first-order valence-electron chi connectivity index (χ1n) is 12.5. The van der Waals surface area contributed by atoms with Gasteiger partial charge in [0.05, 0.1) is 0 Å². The number of fused-ring (bicyclic) bond motifs is 1. The van der Waals surface area contributed by atoms with Crippen LogP contribution in [0.2, 0.25) is 0 Å². The van der Waals surface area contributed by atoms with Crippen LogP contribution in [0.15, 0.2) is 72.1 Å². The Labute approximate surface area is 216 Å². The summed E-state index contributed by atoms with van der Waals surface area (Å²) in [6.07, 6.45) is 1.94. The van der Waals surface area contributed by atoms with Gasteiger partial charge < -0.3 is 19.7 Å². The summed E-state index contributed by atoms with van der Waals surface area (Å²) in [4.78, 5) is 31.5. The predicted octanol–water partition coefficient (Wildman–Crippen LogP) is 6.02. The molecule has 0 aliphatic carbocycles. The molecule has 4 aromatic rings. The molecule has 1 aliphatic heterocycles. The lowest BCUT2D eigenvalue weighted by Gasteiger charge is -2.39. The molecule has 0 bridgehead atoms. The van der Waals surface area contributed by atoms with Crippen LogP contribution in [0.5, 0.6) is 0 Å². The van der Waals surface area contributed by atoms with Crippen molar-refractivity contribution in [2.45, 2.75) is 39.3 Å². The molecule has 3 amide bonds. The first-order chi connectivity index (χ1) is 17.5. The number of benzene rings is 2. The van der Waals surface area contributed by atoms with Crippen LogP contribution >= 0.6 is 11.3 Å². The Hall–Kier alpha value is -3.58. The van der Waals surface area contributed by atoms with Gasteiger partial charge in [0, 0.05) is 43.3 Å². The van der Waals surface area contributed by atoms with E-state index in [4.69, 9.17) is 0 Å². The molecule has 2 aromatic heterocycles. The Morgan fingerprint density at radius 2 is 1.81 bits per heavy atom. The molecule has 0 radical (unpaired) electrons. The molecule has 1 atom stereocenters. The third kappa shape index (κ3) is 5.02. The molecular weight excluding hydrogens is 468 g/mol. The fourth-order valence-corrected chi connectivity index (χ4v) is 5.89. The summed E-state index contributed by atoms with van der Waals surface area (Å²) in [6.45, 7) is 6.34. The van der Waals surface area contributed by atoms with Crippen LogP contribution in [0.3, 0.4) is 0 Å². The molecule has 6 nitrogen and oxygen atoms in total. The predicted molar refractivity (Wildman–Crippen MR) is 147 cm³/mol. The van der Waals surface area contributed by atoms with Crippen molar-refractivity contribution < 1.29 is 9.59 Å². The van der Waals surface area contributed by atoms with E-state index in [0.29, 0.717) is 19.6 Å². The zero-order chi connectivity index (χ0) is 25.1. The Morgan fingerprint density at radius 1 is 1.03 bits per heavy atom. The van der Waals surface area contributed by atoms with Gasteiger partial charge in [-0.05, 0) is 61.4 Å². The van der Waals surface area contributed by atoms with Gasteiger partial charge in [0.2, 0.25) is 0 Å². The number of piperazine rings is 1. The maximum Gasteiger partial charge on any atom is 0.322 e. The van der Waals surface area contributed by atoms with Gasteiger partial charge in [-0.25, -0.2) is 4.79 Å². The van der Waals surface area contributed by atoms with Crippen LogP contribution in [0.25, 0.3) is 10.2 Å². The summed E-state index contributed by atoms with van der Waals surface area (Å²) in [5, 5.41) is 6.23. The molecule has 0 saturated carbocycles. The molecule has 186 valence electrons. The lowest BCUT2D eigenvalue weighted by atomic mass is 10.1. The monoisotopic (exact) mass is 500 g/mol.